The Hall–Kier alpha value is -3.08. The van der Waals surface area contributed by atoms with Gasteiger partial charge < -0.3 is 10.5 Å². The summed E-state index contributed by atoms with van der Waals surface area (Å²) in [4.78, 5) is 11.6. The maximum atomic E-state index is 13.4. The molecule has 4 nitrogen and oxygen atoms in total. The van der Waals surface area contributed by atoms with Crippen LogP contribution >= 0.6 is 0 Å². The highest BCUT2D eigenvalue weighted by Crippen LogP contribution is 2.40. The number of carbonyl (C=O) groups excluding carboxylic acids is 1. The Labute approximate surface area is 134 Å². The number of nitriles is 1. The molecule has 2 rings (SSSR count). The Morgan fingerprint density at radius 1 is 1.21 bits per heavy atom. The summed E-state index contributed by atoms with van der Waals surface area (Å²) in [6.07, 6.45) is -4.83. The predicted molar refractivity (Wildman–Crippen MR) is 77.3 cm³/mol. The van der Waals surface area contributed by atoms with E-state index < -0.39 is 34.7 Å². The number of halogens is 4. The van der Waals surface area contributed by atoms with Gasteiger partial charge in [0.25, 0.3) is 0 Å². The van der Waals surface area contributed by atoms with Gasteiger partial charge in [0.15, 0.2) is 0 Å². The molecule has 0 aliphatic carbocycles. The van der Waals surface area contributed by atoms with Crippen LogP contribution in [-0.2, 0) is 10.9 Å². The van der Waals surface area contributed by atoms with E-state index in [1.54, 1.807) is 6.07 Å². The number of carbonyl (C=O) groups is 1. The monoisotopic (exact) mass is 338 g/mol. The number of hydrogen-bond donors (Lipinski definition) is 1. The van der Waals surface area contributed by atoms with Crippen LogP contribution in [0.2, 0.25) is 0 Å². The number of anilines is 1. The molecule has 0 aliphatic heterocycles. The first-order valence-corrected chi connectivity index (χ1v) is 6.48. The Morgan fingerprint density at radius 2 is 1.88 bits per heavy atom. The van der Waals surface area contributed by atoms with Crippen molar-refractivity contribution in [3.05, 3.63) is 52.8 Å². The van der Waals surface area contributed by atoms with Crippen molar-refractivity contribution >= 4 is 11.7 Å². The molecule has 124 valence electrons. The zero-order valence-electron chi connectivity index (χ0n) is 12.2. The fraction of sp³-hybridized carbons (Fsp3) is 0.125. The Bertz CT molecular complexity index is 854. The van der Waals surface area contributed by atoms with E-state index in [0.717, 1.165) is 31.4 Å². The molecule has 0 heterocycles. The minimum absolute atomic E-state index is 0.144. The van der Waals surface area contributed by atoms with Crippen LogP contribution in [0.1, 0.15) is 21.5 Å². The second-order valence-electron chi connectivity index (χ2n) is 4.78. The van der Waals surface area contributed by atoms with Crippen molar-refractivity contribution in [3.8, 4) is 17.2 Å². The average molecular weight is 338 g/mol. The van der Waals surface area contributed by atoms with Gasteiger partial charge in [-0.3, -0.25) is 0 Å². The molecule has 0 saturated heterocycles. The third-order valence-corrected chi connectivity index (χ3v) is 3.29. The van der Waals surface area contributed by atoms with Gasteiger partial charge in [0.05, 0.1) is 29.9 Å². The molecule has 24 heavy (non-hydrogen) atoms. The summed E-state index contributed by atoms with van der Waals surface area (Å²) in [5.74, 6) is -1.79. The van der Waals surface area contributed by atoms with Crippen LogP contribution in [0.15, 0.2) is 30.3 Å². The minimum atomic E-state index is -4.83. The summed E-state index contributed by atoms with van der Waals surface area (Å²) in [5.41, 5.74) is 2.90. The molecular weight excluding hydrogens is 328 g/mol. The molecule has 0 amide bonds. The number of rotatable bonds is 2. The van der Waals surface area contributed by atoms with E-state index in [-0.39, 0.29) is 16.8 Å². The predicted octanol–water partition coefficient (Wildman–Crippen LogP) is 3.75. The lowest BCUT2D eigenvalue weighted by atomic mass is 9.93. The van der Waals surface area contributed by atoms with E-state index in [1.165, 1.54) is 0 Å². The van der Waals surface area contributed by atoms with Crippen molar-refractivity contribution < 1.29 is 27.1 Å². The molecule has 0 bridgehead atoms. The Balaban J connectivity index is 2.82. The molecule has 0 aromatic heterocycles. The van der Waals surface area contributed by atoms with E-state index in [2.05, 4.69) is 4.74 Å². The molecule has 2 aromatic carbocycles. The second-order valence-corrected chi connectivity index (χ2v) is 4.78. The number of nitrogens with zero attached hydrogens (tertiary/aromatic N) is 1. The van der Waals surface area contributed by atoms with E-state index in [4.69, 9.17) is 11.0 Å². The molecular formula is C16H10F4N2O2. The van der Waals surface area contributed by atoms with Crippen molar-refractivity contribution in [2.24, 2.45) is 0 Å². The first kappa shape index (κ1) is 17.3. The first-order chi connectivity index (χ1) is 11.2. The van der Waals surface area contributed by atoms with Crippen molar-refractivity contribution in [1.29, 1.82) is 5.26 Å². The van der Waals surface area contributed by atoms with E-state index in [1.807, 2.05) is 0 Å². The summed E-state index contributed by atoms with van der Waals surface area (Å²) in [7, 11) is 1.01. The Morgan fingerprint density at radius 3 is 2.42 bits per heavy atom. The molecule has 2 N–H and O–H groups in total. The number of ether oxygens (including phenoxy) is 1. The quantitative estimate of drug-likeness (QED) is 0.514. The lowest BCUT2D eigenvalue weighted by Gasteiger charge is -2.17. The zero-order chi connectivity index (χ0) is 18.1. The van der Waals surface area contributed by atoms with Crippen LogP contribution in [0.3, 0.4) is 0 Å². The fourth-order valence-corrected chi connectivity index (χ4v) is 2.20. The molecule has 0 atom stereocenters. The third-order valence-electron chi connectivity index (χ3n) is 3.29. The van der Waals surface area contributed by atoms with Gasteiger partial charge in [-0.2, -0.15) is 18.4 Å². The fourth-order valence-electron chi connectivity index (χ4n) is 2.20. The lowest BCUT2D eigenvalue weighted by molar-refractivity contribution is -0.137. The molecule has 0 spiro atoms. The number of esters is 1. The number of nitrogens with two attached hydrogens (primary N) is 1. The van der Waals surface area contributed by atoms with Gasteiger partial charge in [-0.1, -0.05) is 6.07 Å². The van der Waals surface area contributed by atoms with Gasteiger partial charge in [0, 0.05) is 11.3 Å². The van der Waals surface area contributed by atoms with Crippen LogP contribution < -0.4 is 5.73 Å². The first-order valence-electron chi connectivity index (χ1n) is 6.48. The number of benzene rings is 2. The van der Waals surface area contributed by atoms with Gasteiger partial charge in [0.2, 0.25) is 0 Å². The van der Waals surface area contributed by atoms with Gasteiger partial charge in [-0.25, -0.2) is 9.18 Å². The molecule has 0 fully saturated rings. The maximum Gasteiger partial charge on any atom is 0.417 e. The molecule has 8 heteroatoms. The van der Waals surface area contributed by atoms with Crippen molar-refractivity contribution in [3.63, 3.8) is 0 Å². The highest BCUT2D eigenvalue weighted by molar-refractivity contribution is 5.97. The van der Waals surface area contributed by atoms with E-state index in [9.17, 15) is 22.4 Å². The van der Waals surface area contributed by atoms with E-state index in [0.29, 0.717) is 6.07 Å². The summed E-state index contributed by atoms with van der Waals surface area (Å²) in [5, 5.41) is 9.04. The SMILES string of the molecule is COC(=O)c1cc(C(F)(F)F)c(-c2ccc(F)cc2C#N)cc1N. The van der Waals surface area contributed by atoms with Crippen molar-refractivity contribution in [2.45, 2.75) is 6.18 Å². The van der Waals surface area contributed by atoms with Gasteiger partial charge >= 0.3 is 12.1 Å². The smallest absolute Gasteiger partial charge is 0.417 e. The summed E-state index contributed by atoms with van der Waals surface area (Å²) < 4.78 is 57.8. The van der Waals surface area contributed by atoms with Gasteiger partial charge in [-0.05, 0) is 29.8 Å². The molecule has 0 aliphatic rings. The summed E-state index contributed by atoms with van der Waals surface area (Å²) in [6.45, 7) is 0. The van der Waals surface area contributed by atoms with Crippen LogP contribution in [0.25, 0.3) is 11.1 Å². The van der Waals surface area contributed by atoms with Gasteiger partial charge in [0.1, 0.15) is 5.82 Å². The topological polar surface area (TPSA) is 76.1 Å². The third kappa shape index (κ3) is 3.15. The van der Waals surface area contributed by atoms with Crippen LogP contribution in [-0.4, -0.2) is 13.1 Å². The minimum Gasteiger partial charge on any atom is -0.465 e. The maximum absolute atomic E-state index is 13.4. The molecule has 0 saturated carbocycles. The molecule has 0 unspecified atom stereocenters. The number of nitrogen functional groups attached to an aromatic ring is 1. The lowest BCUT2D eigenvalue weighted by Crippen LogP contribution is -2.13. The number of methoxy groups -OCH3 is 1. The normalized spacial score (nSPS) is 11.0. The molecule has 2 aromatic rings. The standard InChI is InChI=1S/C16H10F4N2O2/c1-24-15(23)12-5-13(16(18,19)20)11(6-14(12)22)10-3-2-9(17)4-8(10)7-21/h2-6H,22H2,1H3. The second kappa shape index (κ2) is 6.20. The van der Waals surface area contributed by atoms with Crippen LogP contribution in [0.4, 0.5) is 23.2 Å². The van der Waals surface area contributed by atoms with Crippen LogP contribution in [0.5, 0.6) is 0 Å². The van der Waals surface area contributed by atoms with E-state index >= 15 is 0 Å². The highest BCUT2D eigenvalue weighted by Gasteiger charge is 2.36. The molecule has 0 radical (unpaired) electrons. The number of hydrogen-bond acceptors (Lipinski definition) is 4. The average Bonchev–Trinajstić information content (AvgIpc) is 2.52. The Kier molecular flexibility index (Phi) is 4.46. The van der Waals surface area contributed by atoms with Crippen molar-refractivity contribution in [1.82, 2.24) is 0 Å². The van der Waals surface area contributed by atoms with Gasteiger partial charge in [-0.15, -0.1) is 0 Å². The highest BCUT2D eigenvalue weighted by atomic mass is 19.4. The summed E-state index contributed by atoms with van der Waals surface area (Å²) in [6, 6.07) is 5.92. The van der Waals surface area contributed by atoms with Crippen LogP contribution in [0, 0.1) is 17.1 Å². The number of alkyl halides is 3. The van der Waals surface area contributed by atoms with Crippen molar-refractivity contribution in [2.75, 3.05) is 12.8 Å². The summed E-state index contributed by atoms with van der Waals surface area (Å²) >= 11 is 0. The zero-order valence-corrected chi connectivity index (χ0v) is 12.2. The largest absolute Gasteiger partial charge is 0.465 e.